The predicted molar refractivity (Wildman–Crippen MR) is 86.6 cm³/mol. The highest BCUT2D eigenvalue weighted by atomic mass is 35.5. The Morgan fingerprint density at radius 2 is 2.00 bits per heavy atom. The fourth-order valence-corrected chi connectivity index (χ4v) is 3.21. The van der Waals surface area contributed by atoms with Gasteiger partial charge in [-0.2, -0.15) is 4.98 Å². The van der Waals surface area contributed by atoms with Crippen LogP contribution in [-0.4, -0.2) is 31.5 Å². The monoisotopic (exact) mass is 341 g/mol. The Kier molecular flexibility index (Phi) is 5.17. The molecule has 0 fully saturated rings. The van der Waals surface area contributed by atoms with Gasteiger partial charge in [0.05, 0.1) is 5.02 Å². The second-order valence-corrected chi connectivity index (χ2v) is 6.53. The van der Waals surface area contributed by atoms with E-state index in [1.54, 1.807) is 25.1 Å². The van der Waals surface area contributed by atoms with E-state index in [0.717, 1.165) is 0 Å². The number of hydrogen-bond acceptors (Lipinski definition) is 6. The second kappa shape index (κ2) is 6.91. The summed E-state index contributed by atoms with van der Waals surface area (Å²) in [6.45, 7) is 2.69. The van der Waals surface area contributed by atoms with Gasteiger partial charge in [-0.25, -0.2) is 18.1 Å². The highest BCUT2D eigenvalue weighted by molar-refractivity contribution is 7.92. The van der Waals surface area contributed by atoms with Crippen LogP contribution in [0.25, 0.3) is 0 Å². The van der Waals surface area contributed by atoms with E-state index in [1.807, 2.05) is 0 Å². The van der Waals surface area contributed by atoms with Gasteiger partial charge in [0.2, 0.25) is 5.95 Å². The molecule has 0 atom stereocenters. The minimum absolute atomic E-state index is 0.0283. The maximum atomic E-state index is 12.3. The summed E-state index contributed by atoms with van der Waals surface area (Å²) in [5.41, 5.74) is 6.03. The molecule has 0 bridgehead atoms. The highest BCUT2D eigenvalue weighted by Gasteiger charge is 2.19. The number of benzene rings is 1. The molecule has 0 amide bonds. The van der Waals surface area contributed by atoms with E-state index in [-0.39, 0.29) is 15.9 Å². The average molecular weight is 342 g/mol. The van der Waals surface area contributed by atoms with Gasteiger partial charge >= 0.3 is 0 Å². The van der Waals surface area contributed by atoms with Gasteiger partial charge in [-0.1, -0.05) is 23.7 Å². The van der Waals surface area contributed by atoms with E-state index in [2.05, 4.69) is 20.0 Å². The third-order valence-corrected chi connectivity index (χ3v) is 4.48. The number of aromatic nitrogens is 2. The van der Waals surface area contributed by atoms with Crippen molar-refractivity contribution < 1.29 is 8.42 Å². The molecule has 0 aliphatic rings. The van der Waals surface area contributed by atoms with Gasteiger partial charge in [0.25, 0.3) is 10.0 Å². The molecule has 4 N–H and O–H groups in total. The van der Waals surface area contributed by atoms with Crippen molar-refractivity contribution in [1.82, 2.24) is 9.97 Å². The molecule has 0 aliphatic heterocycles. The third-order valence-electron chi connectivity index (χ3n) is 2.66. The molecule has 0 saturated carbocycles. The standard InChI is InChI=1S/C13H16ClN5O2S/c1-9-8-12(16-7-6-15)18-13(17-9)19-22(20,21)11-5-3-2-4-10(11)14/h2-5,8H,6-7,15H2,1H3,(H2,16,17,18,19). The van der Waals surface area contributed by atoms with E-state index in [0.29, 0.717) is 24.6 Å². The molecule has 1 heterocycles. The number of halogens is 1. The lowest BCUT2D eigenvalue weighted by Crippen LogP contribution is -2.18. The van der Waals surface area contributed by atoms with Crippen molar-refractivity contribution in [1.29, 1.82) is 0 Å². The summed E-state index contributed by atoms with van der Waals surface area (Å²) >= 11 is 5.92. The summed E-state index contributed by atoms with van der Waals surface area (Å²) in [5.74, 6) is 0.467. The van der Waals surface area contributed by atoms with Crippen molar-refractivity contribution in [2.45, 2.75) is 11.8 Å². The van der Waals surface area contributed by atoms with Crippen molar-refractivity contribution >= 4 is 33.4 Å². The van der Waals surface area contributed by atoms with Gasteiger partial charge in [-0.05, 0) is 19.1 Å². The van der Waals surface area contributed by atoms with Crippen LogP contribution in [0.5, 0.6) is 0 Å². The van der Waals surface area contributed by atoms with E-state index in [4.69, 9.17) is 17.3 Å². The Balaban J connectivity index is 2.30. The Labute approximate surface area is 134 Å². The van der Waals surface area contributed by atoms with Gasteiger partial charge in [0, 0.05) is 24.8 Å². The lowest BCUT2D eigenvalue weighted by molar-refractivity contribution is 0.601. The van der Waals surface area contributed by atoms with Crippen LogP contribution in [-0.2, 0) is 10.0 Å². The number of hydrogen-bond donors (Lipinski definition) is 3. The smallest absolute Gasteiger partial charge is 0.265 e. The molecule has 118 valence electrons. The normalized spacial score (nSPS) is 11.2. The second-order valence-electron chi connectivity index (χ2n) is 4.47. The average Bonchev–Trinajstić information content (AvgIpc) is 2.44. The molecule has 9 heteroatoms. The van der Waals surface area contributed by atoms with Gasteiger partial charge in [-0.3, -0.25) is 0 Å². The van der Waals surface area contributed by atoms with Crippen LogP contribution in [0.1, 0.15) is 5.69 Å². The van der Waals surface area contributed by atoms with Crippen LogP contribution in [0.3, 0.4) is 0 Å². The van der Waals surface area contributed by atoms with Gasteiger partial charge in [0.15, 0.2) is 0 Å². The molecule has 22 heavy (non-hydrogen) atoms. The third kappa shape index (κ3) is 4.06. The van der Waals surface area contributed by atoms with E-state index < -0.39 is 10.0 Å². The topological polar surface area (TPSA) is 110 Å². The Hall–Kier alpha value is -1.90. The fourth-order valence-electron chi connectivity index (χ4n) is 1.74. The molecule has 0 saturated heterocycles. The first-order valence-corrected chi connectivity index (χ1v) is 8.35. The van der Waals surface area contributed by atoms with E-state index >= 15 is 0 Å². The minimum Gasteiger partial charge on any atom is -0.369 e. The highest BCUT2D eigenvalue weighted by Crippen LogP contribution is 2.22. The van der Waals surface area contributed by atoms with Crippen molar-refractivity contribution in [2.75, 3.05) is 23.1 Å². The molecule has 2 rings (SSSR count). The number of anilines is 2. The van der Waals surface area contributed by atoms with Gasteiger partial charge in [-0.15, -0.1) is 0 Å². The van der Waals surface area contributed by atoms with Crippen molar-refractivity contribution in [2.24, 2.45) is 5.73 Å². The summed E-state index contributed by atoms with van der Waals surface area (Å²) in [5, 5.41) is 3.10. The number of nitrogens with two attached hydrogens (primary N) is 1. The first-order valence-electron chi connectivity index (χ1n) is 6.49. The maximum Gasteiger partial charge on any atom is 0.265 e. The zero-order chi connectivity index (χ0) is 16.2. The van der Waals surface area contributed by atoms with Crippen LogP contribution in [0, 0.1) is 6.92 Å². The minimum atomic E-state index is -3.86. The summed E-state index contributed by atoms with van der Waals surface area (Å²) in [7, 11) is -3.86. The molecular weight excluding hydrogens is 326 g/mol. The lowest BCUT2D eigenvalue weighted by atomic mass is 10.4. The summed E-state index contributed by atoms with van der Waals surface area (Å²) in [6, 6.07) is 7.85. The number of nitrogens with one attached hydrogen (secondary N) is 2. The van der Waals surface area contributed by atoms with Crippen LogP contribution < -0.4 is 15.8 Å². The quantitative estimate of drug-likeness (QED) is 0.736. The van der Waals surface area contributed by atoms with Crippen molar-refractivity contribution in [3.63, 3.8) is 0 Å². The Bertz CT molecular complexity index is 767. The number of sulfonamides is 1. The zero-order valence-electron chi connectivity index (χ0n) is 11.9. The number of rotatable bonds is 6. The molecule has 0 unspecified atom stereocenters. The maximum absolute atomic E-state index is 12.3. The van der Waals surface area contributed by atoms with Gasteiger partial charge in [0.1, 0.15) is 10.7 Å². The Morgan fingerprint density at radius 3 is 2.68 bits per heavy atom. The number of nitrogens with zero attached hydrogens (tertiary/aromatic N) is 2. The molecule has 1 aromatic carbocycles. The SMILES string of the molecule is Cc1cc(NCCN)nc(NS(=O)(=O)c2ccccc2Cl)n1. The summed E-state index contributed by atoms with van der Waals surface area (Å²) < 4.78 is 27.0. The summed E-state index contributed by atoms with van der Waals surface area (Å²) in [4.78, 5) is 8.14. The van der Waals surface area contributed by atoms with E-state index in [9.17, 15) is 8.42 Å². The first-order chi connectivity index (χ1) is 10.4. The van der Waals surface area contributed by atoms with Crippen LogP contribution in [0.15, 0.2) is 35.2 Å². The predicted octanol–water partition coefficient (Wildman–Crippen LogP) is 1.61. The summed E-state index contributed by atoms with van der Waals surface area (Å²) in [6.07, 6.45) is 0. The molecule has 1 aromatic heterocycles. The molecule has 2 aromatic rings. The molecule has 0 spiro atoms. The largest absolute Gasteiger partial charge is 0.369 e. The molecule has 7 nitrogen and oxygen atoms in total. The van der Waals surface area contributed by atoms with Crippen molar-refractivity contribution in [3.8, 4) is 0 Å². The van der Waals surface area contributed by atoms with E-state index in [1.165, 1.54) is 12.1 Å². The van der Waals surface area contributed by atoms with Crippen LogP contribution in [0.4, 0.5) is 11.8 Å². The van der Waals surface area contributed by atoms with Crippen LogP contribution in [0.2, 0.25) is 5.02 Å². The molecule has 0 radical (unpaired) electrons. The zero-order valence-corrected chi connectivity index (χ0v) is 13.4. The van der Waals surface area contributed by atoms with Crippen molar-refractivity contribution in [3.05, 3.63) is 41.0 Å². The molecule has 0 aliphatic carbocycles. The first kappa shape index (κ1) is 16.5. The number of aryl methyl sites for hydroxylation is 1. The Morgan fingerprint density at radius 1 is 1.27 bits per heavy atom. The fraction of sp³-hybridized carbons (Fsp3) is 0.231. The van der Waals surface area contributed by atoms with Crippen LogP contribution >= 0.6 is 11.6 Å². The van der Waals surface area contributed by atoms with Gasteiger partial charge < -0.3 is 11.1 Å². The molecular formula is C13H16ClN5O2S. The lowest BCUT2D eigenvalue weighted by Gasteiger charge is -2.10.